The summed E-state index contributed by atoms with van der Waals surface area (Å²) in [5, 5.41) is 4.07. The van der Waals surface area contributed by atoms with Gasteiger partial charge in [-0.15, -0.1) is 0 Å². The first kappa shape index (κ1) is 14.7. The number of anilines is 2. The molecule has 106 valence electrons. The minimum atomic E-state index is 0.183. The van der Waals surface area contributed by atoms with Crippen molar-refractivity contribution in [3.05, 3.63) is 53.3 Å². The van der Waals surface area contributed by atoms with Gasteiger partial charge >= 0.3 is 0 Å². The van der Waals surface area contributed by atoms with E-state index >= 15 is 0 Å². The molecule has 0 aliphatic heterocycles. The normalized spacial score (nSPS) is 12.0. The maximum Gasteiger partial charge on any atom is 0.0575 e. The van der Waals surface area contributed by atoms with Crippen molar-refractivity contribution >= 4 is 23.0 Å². The van der Waals surface area contributed by atoms with Crippen molar-refractivity contribution in [1.29, 1.82) is 0 Å². The average Bonchev–Trinajstić information content (AvgIpc) is 2.47. The van der Waals surface area contributed by atoms with Gasteiger partial charge in [0, 0.05) is 18.6 Å². The monoisotopic (exact) mass is 289 g/mol. The predicted octanol–water partition coefficient (Wildman–Crippen LogP) is 4.36. The Kier molecular flexibility index (Phi) is 4.85. The van der Waals surface area contributed by atoms with Crippen molar-refractivity contribution < 1.29 is 0 Å². The summed E-state index contributed by atoms with van der Waals surface area (Å²) in [7, 11) is 2.06. The van der Waals surface area contributed by atoms with Crippen LogP contribution in [0.1, 0.15) is 25.5 Å². The topological polar surface area (TPSA) is 28.2 Å². The van der Waals surface area contributed by atoms with Crippen LogP contribution in [0.4, 0.5) is 11.4 Å². The Morgan fingerprint density at radius 3 is 2.75 bits per heavy atom. The second-order valence-corrected chi connectivity index (χ2v) is 5.18. The molecule has 3 nitrogen and oxygen atoms in total. The first-order valence-electron chi connectivity index (χ1n) is 6.79. The molecule has 20 heavy (non-hydrogen) atoms. The standard InChI is InChI=1S/C16H20ClN3/c1-4-19-13-9-14(11-18-10-13)20(3)12(2)15-7-5-6-8-16(15)17/h5-12,19H,4H2,1-3H3. The fourth-order valence-electron chi connectivity index (χ4n) is 2.17. The lowest BCUT2D eigenvalue weighted by molar-refractivity contribution is 0.738. The zero-order valence-electron chi connectivity index (χ0n) is 12.1. The van der Waals surface area contributed by atoms with Gasteiger partial charge < -0.3 is 10.2 Å². The van der Waals surface area contributed by atoms with E-state index in [0.717, 1.165) is 28.5 Å². The van der Waals surface area contributed by atoms with Gasteiger partial charge in [0.2, 0.25) is 0 Å². The molecule has 1 unspecified atom stereocenters. The molecule has 1 N–H and O–H groups in total. The van der Waals surface area contributed by atoms with Gasteiger partial charge in [-0.1, -0.05) is 29.8 Å². The van der Waals surface area contributed by atoms with Crippen LogP contribution in [0.2, 0.25) is 5.02 Å². The van der Waals surface area contributed by atoms with Crippen molar-refractivity contribution in [2.75, 3.05) is 23.8 Å². The van der Waals surface area contributed by atoms with Crippen LogP contribution in [0.15, 0.2) is 42.7 Å². The highest BCUT2D eigenvalue weighted by Gasteiger charge is 2.15. The summed E-state index contributed by atoms with van der Waals surface area (Å²) in [6.45, 7) is 5.10. The van der Waals surface area contributed by atoms with Crippen molar-refractivity contribution in [1.82, 2.24) is 4.98 Å². The van der Waals surface area contributed by atoms with Gasteiger partial charge in [-0.3, -0.25) is 4.98 Å². The summed E-state index contributed by atoms with van der Waals surface area (Å²) in [4.78, 5) is 6.46. The third-order valence-corrected chi connectivity index (χ3v) is 3.79. The number of hydrogen-bond acceptors (Lipinski definition) is 3. The summed E-state index contributed by atoms with van der Waals surface area (Å²) >= 11 is 6.28. The molecule has 1 heterocycles. The predicted molar refractivity (Wildman–Crippen MR) is 86.7 cm³/mol. The second kappa shape index (κ2) is 6.62. The molecule has 0 radical (unpaired) electrons. The molecule has 4 heteroatoms. The van der Waals surface area contributed by atoms with Gasteiger partial charge in [-0.25, -0.2) is 0 Å². The Morgan fingerprint density at radius 2 is 2.05 bits per heavy atom. The molecule has 0 aliphatic rings. The second-order valence-electron chi connectivity index (χ2n) is 4.77. The highest BCUT2D eigenvalue weighted by molar-refractivity contribution is 6.31. The van der Waals surface area contributed by atoms with Crippen molar-refractivity contribution in [2.24, 2.45) is 0 Å². The molecule has 2 rings (SSSR count). The SMILES string of the molecule is CCNc1cncc(N(C)C(C)c2ccccc2Cl)c1. The maximum absolute atomic E-state index is 6.28. The van der Waals surface area contributed by atoms with Gasteiger partial charge in [0.15, 0.2) is 0 Å². The van der Waals surface area contributed by atoms with Crippen molar-refractivity contribution in [2.45, 2.75) is 19.9 Å². The first-order chi connectivity index (χ1) is 9.63. The molecular formula is C16H20ClN3. The zero-order chi connectivity index (χ0) is 14.5. The largest absolute Gasteiger partial charge is 0.384 e. The Hall–Kier alpha value is -1.74. The Balaban J connectivity index is 2.24. The van der Waals surface area contributed by atoms with E-state index in [2.05, 4.69) is 48.2 Å². The van der Waals surface area contributed by atoms with Crippen LogP contribution >= 0.6 is 11.6 Å². The molecule has 0 saturated carbocycles. The van der Waals surface area contributed by atoms with Crippen LogP contribution in [-0.4, -0.2) is 18.6 Å². The van der Waals surface area contributed by atoms with E-state index in [-0.39, 0.29) is 6.04 Å². The fourth-order valence-corrected chi connectivity index (χ4v) is 2.46. The minimum absolute atomic E-state index is 0.183. The fraction of sp³-hybridized carbons (Fsp3) is 0.312. The van der Waals surface area contributed by atoms with Crippen LogP contribution in [0.3, 0.4) is 0 Å². The molecule has 2 aromatic rings. The lowest BCUT2D eigenvalue weighted by atomic mass is 10.1. The molecule has 0 bridgehead atoms. The molecule has 0 aliphatic carbocycles. The van der Waals surface area contributed by atoms with E-state index in [9.17, 15) is 0 Å². The Bertz CT molecular complexity index is 571. The quantitative estimate of drug-likeness (QED) is 0.886. The molecule has 1 aromatic carbocycles. The summed E-state index contributed by atoms with van der Waals surface area (Å²) in [6.07, 6.45) is 3.70. The molecule has 0 spiro atoms. The van der Waals surface area contributed by atoms with E-state index in [0.29, 0.717) is 0 Å². The van der Waals surface area contributed by atoms with Crippen LogP contribution in [0.25, 0.3) is 0 Å². The smallest absolute Gasteiger partial charge is 0.0575 e. The summed E-state index contributed by atoms with van der Waals surface area (Å²) in [6, 6.07) is 10.2. The summed E-state index contributed by atoms with van der Waals surface area (Å²) < 4.78 is 0. The number of benzene rings is 1. The van der Waals surface area contributed by atoms with Gasteiger partial charge in [-0.05, 0) is 31.5 Å². The molecule has 0 fully saturated rings. The maximum atomic E-state index is 6.28. The van der Waals surface area contributed by atoms with E-state index < -0.39 is 0 Å². The summed E-state index contributed by atoms with van der Waals surface area (Å²) in [5.41, 5.74) is 3.21. The molecule has 0 amide bonds. The number of halogens is 1. The van der Waals surface area contributed by atoms with Crippen LogP contribution in [0.5, 0.6) is 0 Å². The summed E-state index contributed by atoms with van der Waals surface area (Å²) in [5.74, 6) is 0. The average molecular weight is 290 g/mol. The number of hydrogen-bond donors (Lipinski definition) is 1. The van der Waals surface area contributed by atoms with E-state index in [4.69, 9.17) is 11.6 Å². The highest BCUT2D eigenvalue weighted by Crippen LogP contribution is 2.30. The highest BCUT2D eigenvalue weighted by atomic mass is 35.5. The zero-order valence-corrected chi connectivity index (χ0v) is 12.9. The van der Waals surface area contributed by atoms with Gasteiger partial charge in [0.05, 0.1) is 29.8 Å². The third kappa shape index (κ3) is 3.23. The van der Waals surface area contributed by atoms with Gasteiger partial charge in [0.25, 0.3) is 0 Å². The van der Waals surface area contributed by atoms with Gasteiger partial charge in [-0.2, -0.15) is 0 Å². The van der Waals surface area contributed by atoms with Crippen LogP contribution in [-0.2, 0) is 0 Å². The van der Waals surface area contributed by atoms with E-state index in [1.807, 2.05) is 30.6 Å². The number of aromatic nitrogens is 1. The number of pyridine rings is 1. The molecular weight excluding hydrogens is 270 g/mol. The van der Waals surface area contributed by atoms with Crippen LogP contribution in [0, 0.1) is 0 Å². The van der Waals surface area contributed by atoms with E-state index in [1.165, 1.54) is 0 Å². The first-order valence-corrected chi connectivity index (χ1v) is 7.17. The van der Waals surface area contributed by atoms with Crippen molar-refractivity contribution in [3.63, 3.8) is 0 Å². The van der Waals surface area contributed by atoms with Crippen molar-refractivity contribution in [3.8, 4) is 0 Å². The third-order valence-electron chi connectivity index (χ3n) is 3.45. The number of nitrogens with one attached hydrogen (secondary N) is 1. The number of nitrogens with zero attached hydrogens (tertiary/aromatic N) is 2. The van der Waals surface area contributed by atoms with E-state index in [1.54, 1.807) is 0 Å². The van der Waals surface area contributed by atoms with Crippen LogP contribution < -0.4 is 10.2 Å². The van der Waals surface area contributed by atoms with Gasteiger partial charge in [0.1, 0.15) is 0 Å². The minimum Gasteiger partial charge on any atom is -0.384 e. The Morgan fingerprint density at radius 1 is 1.30 bits per heavy atom. The molecule has 0 saturated heterocycles. The molecule has 1 atom stereocenters. The Labute approximate surface area is 125 Å². The lowest BCUT2D eigenvalue weighted by Crippen LogP contribution is -2.22. The number of rotatable bonds is 5. The lowest BCUT2D eigenvalue weighted by Gasteiger charge is -2.28. The molecule has 1 aromatic heterocycles.